The molecule has 7 nitrogen and oxygen atoms in total. The summed E-state index contributed by atoms with van der Waals surface area (Å²) in [7, 11) is 3.29. The van der Waals surface area contributed by atoms with Crippen LogP contribution in [0.15, 0.2) is 53.2 Å². The van der Waals surface area contributed by atoms with Gasteiger partial charge in [-0.05, 0) is 42.3 Å². The topological polar surface area (TPSA) is 81.4 Å². The molecular weight excluding hydrogens is 320 g/mol. The Morgan fingerprint density at radius 3 is 2.76 bits per heavy atom. The van der Waals surface area contributed by atoms with Gasteiger partial charge in [0.05, 0.1) is 7.11 Å². The van der Waals surface area contributed by atoms with Crippen LogP contribution in [0.5, 0.6) is 5.75 Å². The Labute approximate surface area is 145 Å². The lowest BCUT2D eigenvalue weighted by Crippen LogP contribution is -2.29. The highest BCUT2D eigenvalue weighted by atomic mass is 16.5. The first-order chi connectivity index (χ1) is 12.2. The summed E-state index contributed by atoms with van der Waals surface area (Å²) in [4.78, 5) is 18.0. The van der Waals surface area contributed by atoms with Crippen molar-refractivity contribution >= 4 is 5.91 Å². The van der Waals surface area contributed by atoms with Gasteiger partial charge in [0.25, 0.3) is 0 Å². The van der Waals surface area contributed by atoms with Crippen LogP contribution in [0.4, 0.5) is 0 Å². The minimum absolute atomic E-state index is 0.0324. The maximum atomic E-state index is 12.4. The molecule has 2 heterocycles. The second kappa shape index (κ2) is 7.57. The lowest BCUT2D eigenvalue weighted by atomic mass is 10.2. The standard InChI is InChI=1S/C18H18N4O3/c1-22(11-8-13-6-9-19-10-7-13)18(23)17-21-20-16(25-17)14-4-3-5-15(12-14)24-2/h3-7,9-10,12H,8,11H2,1-2H3. The van der Waals surface area contributed by atoms with E-state index >= 15 is 0 Å². The second-order valence-corrected chi connectivity index (χ2v) is 5.48. The maximum Gasteiger partial charge on any atom is 0.311 e. The molecule has 0 saturated heterocycles. The zero-order valence-electron chi connectivity index (χ0n) is 14.0. The third-order valence-electron chi connectivity index (χ3n) is 3.76. The van der Waals surface area contributed by atoms with E-state index in [9.17, 15) is 4.79 Å². The number of methoxy groups -OCH3 is 1. The SMILES string of the molecule is COc1cccc(-c2nnc(C(=O)N(C)CCc3ccncc3)o2)c1. The summed E-state index contributed by atoms with van der Waals surface area (Å²) >= 11 is 0. The number of benzene rings is 1. The van der Waals surface area contributed by atoms with Crippen LogP contribution in [-0.2, 0) is 6.42 Å². The van der Waals surface area contributed by atoms with Crippen molar-refractivity contribution in [2.75, 3.05) is 20.7 Å². The molecule has 0 aliphatic heterocycles. The van der Waals surface area contributed by atoms with E-state index in [1.807, 2.05) is 30.3 Å². The Hall–Kier alpha value is -3.22. The number of hydrogen-bond donors (Lipinski definition) is 0. The average molecular weight is 338 g/mol. The fourth-order valence-electron chi connectivity index (χ4n) is 2.29. The van der Waals surface area contributed by atoms with Gasteiger partial charge in [-0.25, -0.2) is 0 Å². The lowest BCUT2D eigenvalue weighted by Gasteiger charge is -2.14. The van der Waals surface area contributed by atoms with Gasteiger partial charge in [-0.1, -0.05) is 6.07 Å². The van der Waals surface area contributed by atoms with Crippen LogP contribution in [0.25, 0.3) is 11.5 Å². The van der Waals surface area contributed by atoms with Crippen molar-refractivity contribution in [3.63, 3.8) is 0 Å². The van der Waals surface area contributed by atoms with Crippen molar-refractivity contribution < 1.29 is 13.9 Å². The van der Waals surface area contributed by atoms with Gasteiger partial charge in [-0.2, -0.15) is 0 Å². The van der Waals surface area contributed by atoms with Crippen molar-refractivity contribution in [2.24, 2.45) is 0 Å². The number of rotatable bonds is 6. The predicted octanol–water partition coefficient (Wildman–Crippen LogP) is 2.45. The van der Waals surface area contributed by atoms with Crippen LogP contribution in [0, 0.1) is 0 Å². The second-order valence-electron chi connectivity index (χ2n) is 5.48. The largest absolute Gasteiger partial charge is 0.497 e. The van der Waals surface area contributed by atoms with Crippen LogP contribution in [-0.4, -0.2) is 46.7 Å². The van der Waals surface area contributed by atoms with Gasteiger partial charge in [0, 0.05) is 31.5 Å². The summed E-state index contributed by atoms with van der Waals surface area (Å²) < 4.78 is 10.7. The van der Waals surface area contributed by atoms with Gasteiger partial charge in [-0.3, -0.25) is 9.78 Å². The van der Waals surface area contributed by atoms with Crippen LogP contribution >= 0.6 is 0 Å². The zero-order chi connectivity index (χ0) is 17.6. The van der Waals surface area contributed by atoms with E-state index in [0.29, 0.717) is 17.9 Å². The van der Waals surface area contributed by atoms with Gasteiger partial charge < -0.3 is 14.1 Å². The van der Waals surface area contributed by atoms with Gasteiger partial charge >= 0.3 is 11.8 Å². The number of hydrogen-bond acceptors (Lipinski definition) is 6. The number of aromatic nitrogens is 3. The molecule has 3 rings (SSSR count). The van der Waals surface area contributed by atoms with Crippen LogP contribution < -0.4 is 4.74 Å². The molecule has 3 aromatic rings. The monoisotopic (exact) mass is 338 g/mol. The maximum absolute atomic E-state index is 12.4. The van der Waals surface area contributed by atoms with Crippen LogP contribution in [0.2, 0.25) is 0 Å². The number of pyridine rings is 1. The number of carbonyl (C=O) groups excluding carboxylic acids is 1. The highest BCUT2D eigenvalue weighted by molar-refractivity contribution is 5.89. The first-order valence-electron chi connectivity index (χ1n) is 7.79. The molecule has 25 heavy (non-hydrogen) atoms. The number of carbonyl (C=O) groups is 1. The predicted molar refractivity (Wildman–Crippen MR) is 91.2 cm³/mol. The molecule has 0 radical (unpaired) electrons. The van der Waals surface area contributed by atoms with Gasteiger partial charge in [0.1, 0.15) is 5.75 Å². The molecule has 128 valence electrons. The van der Waals surface area contributed by atoms with Crippen molar-refractivity contribution in [3.8, 4) is 17.2 Å². The van der Waals surface area contributed by atoms with E-state index < -0.39 is 0 Å². The fourth-order valence-corrected chi connectivity index (χ4v) is 2.29. The molecule has 0 bridgehead atoms. The van der Waals surface area contributed by atoms with E-state index in [1.54, 1.807) is 37.5 Å². The van der Waals surface area contributed by atoms with E-state index in [-0.39, 0.29) is 17.7 Å². The van der Waals surface area contributed by atoms with E-state index in [1.165, 1.54) is 0 Å². The molecule has 1 aromatic carbocycles. The first kappa shape index (κ1) is 16.6. The summed E-state index contributed by atoms with van der Waals surface area (Å²) in [5, 5.41) is 7.82. The molecule has 0 unspecified atom stereocenters. The molecule has 0 aliphatic rings. The van der Waals surface area contributed by atoms with E-state index in [2.05, 4.69) is 15.2 Å². The van der Waals surface area contributed by atoms with Crippen molar-refractivity contribution in [1.82, 2.24) is 20.1 Å². The molecule has 0 atom stereocenters. The molecule has 0 N–H and O–H groups in total. The summed E-state index contributed by atoms with van der Waals surface area (Å²) in [5.41, 5.74) is 1.81. The minimum atomic E-state index is -0.310. The highest BCUT2D eigenvalue weighted by Crippen LogP contribution is 2.22. The molecule has 0 fully saturated rings. The lowest BCUT2D eigenvalue weighted by molar-refractivity contribution is 0.0758. The van der Waals surface area contributed by atoms with Crippen molar-refractivity contribution in [3.05, 3.63) is 60.2 Å². The van der Waals surface area contributed by atoms with Gasteiger partial charge in [0.2, 0.25) is 5.89 Å². The van der Waals surface area contributed by atoms with Gasteiger partial charge in [0.15, 0.2) is 0 Å². The Bertz CT molecular complexity index is 848. The quantitative estimate of drug-likeness (QED) is 0.687. The fraction of sp³-hybridized carbons (Fsp3) is 0.222. The van der Waals surface area contributed by atoms with Crippen LogP contribution in [0.3, 0.4) is 0 Å². The van der Waals surface area contributed by atoms with Crippen LogP contribution in [0.1, 0.15) is 16.2 Å². The molecule has 0 spiro atoms. The number of nitrogens with zero attached hydrogens (tertiary/aromatic N) is 4. The summed E-state index contributed by atoms with van der Waals surface area (Å²) in [5.74, 6) is 0.619. The summed E-state index contributed by atoms with van der Waals surface area (Å²) in [6.07, 6.45) is 4.19. The minimum Gasteiger partial charge on any atom is -0.497 e. The van der Waals surface area contributed by atoms with Gasteiger partial charge in [-0.15, -0.1) is 10.2 Å². The first-order valence-corrected chi connectivity index (χ1v) is 7.79. The summed E-state index contributed by atoms with van der Waals surface area (Å²) in [6, 6.07) is 11.1. The third-order valence-corrected chi connectivity index (χ3v) is 3.76. The molecular formula is C18H18N4O3. The normalized spacial score (nSPS) is 10.5. The van der Waals surface area contributed by atoms with Crippen molar-refractivity contribution in [2.45, 2.75) is 6.42 Å². The third kappa shape index (κ3) is 4.00. The Balaban J connectivity index is 1.67. The average Bonchev–Trinajstić information content (AvgIpc) is 3.16. The molecule has 1 amide bonds. The Morgan fingerprint density at radius 2 is 2.00 bits per heavy atom. The molecule has 0 saturated carbocycles. The Kier molecular flexibility index (Phi) is 5.03. The molecule has 7 heteroatoms. The number of likely N-dealkylation sites (N-methyl/N-ethyl adjacent to an activating group) is 1. The highest BCUT2D eigenvalue weighted by Gasteiger charge is 2.19. The van der Waals surface area contributed by atoms with Crippen molar-refractivity contribution in [1.29, 1.82) is 0 Å². The number of amides is 1. The number of ether oxygens (including phenoxy) is 1. The Morgan fingerprint density at radius 1 is 1.20 bits per heavy atom. The molecule has 2 aromatic heterocycles. The zero-order valence-corrected chi connectivity index (χ0v) is 14.0. The summed E-state index contributed by atoms with van der Waals surface area (Å²) in [6.45, 7) is 0.541. The molecule has 0 aliphatic carbocycles. The smallest absolute Gasteiger partial charge is 0.311 e. The van der Waals surface area contributed by atoms with E-state index in [0.717, 1.165) is 12.0 Å². The van der Waals surface area contributed by atoms with E-state index in [4.69, 9.17) is 9.15 Å².